The lowest BCUT2D eigenvalue weighted by Gasteiger charge is -2.23. The summed E-state index contributed by atoms with van der Waals surface area (Å²) in [5.41, 5.74) is 2.99. The van der Waals surface area contributed by atoms with Crippen molar-refractivity contribution in [3.63, 3.8) is 0 Å². The average molecular weight is 410 g/mol. The molecule has 0 aliphatic carbocycles. The SMILES string of the molecule is CCCCCN(Cc1nc2ccccc2n1CCCC)C(=O)c1ccc(C)c(F)c1. The van der Waals surface area contributed by atoms with Gasteiger partial charge in [-0.05, 0) is 49.6 Å². The molecule has 0 fully saturated rings. The molecule has 0 N–H and O–H groups in total. The fourth-order valence-electron chi connectivity index (χ4n) is 3.70. The minimum absolute atomic E-state index is 0.140. The van der Waals surface area contributed by atoms with Gasteiger partial charge in [-0.25, -0.2) is 9.37 Å². The number of imidazole rings is 1. The van der Waals surface area contributed by atoms with Crippen molar-refractivity contribution in [1.82, 2.24) is 14.5 Å². The summed E-state index contributed by atoms with van der Waals surface area (Å²) in [7, 11) is 0. The molecule has 2 aromatic carbocycles. The number of carbonyl (C=O) groups excluding carboxylic acids is 1. The van der Waals surface area contributed by atoms with Crippen LogP contribution in [-0.4, -0.2) is 26.9 Å². The molecule has 1 amide bonds. The number of hydrogen-bond donors (Lipinski definition) is 0. The molecule has 0 atom stereocenters. The highest BCUT2D eigenvalue weighted by molar-refractivity contribution is 5.94. The second kappa shape index (κ2) is 10.4. The van der Waals surface area contributed by atoms with Crippen LogP contribution in [0.25, 0.3) is 11.0 Å². The summed E-state index contributed by atoms with van der Waals surface area (Å²) in [5.74, 6) is 0.408. The molecule has 0 aliphatic rings. The van der Waals surface area contributed by atoms with Gasteiger partial charge >= 0.3 is 0 Å². The fourth-order valence-corrected chi connectivity index (χ4v) is 3.70. The van der Waals surface area contributed by atoms with E-state index in [1.807, 2.05) is 23.1 Å². The van der Waals surface area contributed by atoms with Gasteiger partial charge in [0.05, 0.1) is 17.6 Å². The van der Waals surface area contributed by atoms with Crippen LogP contribution >= 0.6 is 0 Å². The number of rotatable bonds is 10. The van der Waals surface area contributed by atoms with Gasteiger partial charge in [-0.2, -0.15) is 0 Å². The Morgan fingerprint density at radius 3 is 2.57 bits per heavy atom. The molecule has 5 heteroatoms. The molecule has 0 bridgehead atoms. The first-order valence-electron chi connectivity index (χ1n) is 11.0. The van der Waals surface area contributed by atoms with E-state index in [-0.39, 0.29) is 11.7 Å². The second-order valence-corrected chi connectivity index (χ2v) is 7.92. The molecule has 3 rings (SSSR count). The van der Waals surface area contributed by atoms with Crippen LogP contribution in [0, 0.1) is 12.7 Å². The molecule has 0 aliphatic heterocycles. The number of para-hydroxylation sites is 2. The number of amides is 1. The van der Waals surface area contributed by atoms with Gasteiger partial charge in [0.1, 0.15) is 11.6 Å². The minimum atomic E-state index is -0.343. The monoisotopic (exact) mass is 409 g/mol. The Bertz CT molecular complexity index is 995. The summed E-state index contributed by atoms with van der Waals surface area (Å²) in [4.78, 5) is 19.9. The van der Waals surface area contributed by atoms with Gasteiger partial charge in [0.2, 0.25) is 0 Å². The van der Waals surface area contributed by atoms with Crippen molar-refractivity contribution in [3.05, 3.63) is 65.2 Å². The van der Waals surface area contributed by atoms with E-state index in [0.29, 0.717) is 24.2 Å². The largest absolute Gasteiger partial charge is 0.331 e. The third-order valence-corrected chi connectivity index (χ3v) is 5.54. The maximum Gasteiger partial charge on any atom is 0.254 e. The Labute approximate surface area is 178 Å². The normalized spacial score (nSPS) is 11.2. The van der Waals surface area contributed by atoms with Crippen LogP contribution < -0.4 is 0 Å². The van der Waals surface area contributed by atoms with Gasteiger partial charge in [0.15, 0.2) is 0 Å². The van der Waals surface area contributed by atoms with Crippen molar-refractivity contribution in [1.29, 1.82) is 0 Å². The van der Waals surface area contributed by atoms with Crippen LogP contribution in [0.1, 0.15) is 67.7 Å². The van der Waals surface area contributed by atoms with E-state index >= 15 is 0 Å². The van der Waals surface area contributed by atoms with Crippen LogP contribution in [0.15, 0.2) is 42.5 Å². The molecule has 160 valence electrons. The topological polar surface area (TPSA) is 38.1 Å². The first-order chi connectivity index (χ1) is 14.5. The number of halogens is 1. The van der Waals surface area contributed by atoms with Gasteiger partial charge in [-0.15, -0.1) is 0 Å². The number of aromatic nitrogens is 2. The van der Waals surface area contributed by atoms with E-state index in [2.05, 4.69) is 24.5 Å². The Morgan fingerprint density at radius 2 is 1.83 bits per heavy atom. The van der Waals surface area contributed by atoms with Crippen LogP contribution in [0.2, 0.25) is 0 Å². The summed E-state index contributed by atoms with van der Waals surface area (Å²) in [6, 6.07) is 12.8. The van der Waals surface area contributed by atoms with E-state index < -0.39 is 0 Å². The quantitative estimate of drug-likeness (QED) is 0.379. The molecule has 0 saturated heterocycles. The van der Waals surface area contributed by atoms with Crippen molar-refractivity contribution >= 4 is 16.9 Å². The molecular formula is C25H32FN3O. The molecule has 30 heavy (non-hydrogen) atoms. The number of hydrogen-bond acceptors (Lipinski definition) is 2. The number of fused-ring (bicyclic) bond motifs is 1. The Morgan fingerprint density at radius 1 is 1.07 bits per heavy atom. The van der Waals surface area contributed by atoms with E-state index in [9.17, 15) is 9.18 Å². The Hall–Kier alpha value is -2.69. The number of aryl methyl sites for hydroxylation is 2. The van der Waals surface area contributed by atoms with Gasteiger partial charge in [0, 0.05) is 18.7 Å². The van der Waals surface area contributed by atoms with Crippen molar-refractivity contribution in [2.24, 2.45) is 0 Å². The molecule has 0 radical (unpaired) electrons. The lowest BCUT2D eigenvalue weighted by molar-refractivity contribution is 0.0733. The molecular weight excluding hydrogens is 377 g/mol. The van der Waals surface area contributed by atoms with Crippen LogP contribution in [0.3, 0.4) is 0 Å². The lowest BCUT2D eigenvalue weighted by Crippen LogP contribution is -2.33. The maximum absolute atomic E-state index is 14.1. The number of nitrogens with zero attached hydrogens (tertiary/aromatic N) is 3. The van der Waals surface area contributed by atoms with Gasteiger partial charge < -0.3 is 9.47 Å². The predicted molar refractivity (Wildman–Crippen MR) is 120 cm³/mol. The smallest absolute Gasteiger partial charge is 0.254 e. The highest BCUT2D eigenvalue weighted by Gasteiger charge is 2.20. The van der Waals surface area contributed by atoms with E-state index in [4.69, 9.17) is 4.98 Å². The van der Waals surface area contributed by atoms with Gasteiger partial charge in [-0.3, -0.25) is 4.79 Å². The number of benzene rings is 2. The number of unbranched alkanes of at least 4 members (excludes halogenated alkanes) is 3. The van der Waals surface area contributed by atoms with E-state index in [1.165, 1.54) is 6.07 Å². The second-order valence-electron chi connectivity index (χ2n) is 7.92. The Kier molecular flexibility index (Phi) is 7.61. The first kappa shape index (κ1) is 22.0. The third-order valence-electron chi connectivity index (χ3n) is 5.54. The van der Waals surface area contributed by atoms with Crippen molar-refractivity contribution < 1.29 is 9.18 Å². The molecule has 1 aromatic heterocycles. The first-order valence-corrected chi connectivity index (χ1v) is 11.0. The lowest BCUT2D eigenvalue weighted by atomic mass is 10.1. The van der Waals surface area contributed by atoms with Gasteiger partial charge in [0.25, 0.3) is 5.91 Å². The van der Waals surface area contributed by atoms with Crippen molar-refractivity contribution in [3.8, 4) is 0 Å². The zero-order valence-electron chi connectivity index (χ0n) is 18.3. The molecule has 1 heterocycles. The zero-order chi connectivity index (χ0) is 21.5. The summed E-state index contributed by atoms with van der Waals surface area (Å²) in [6.45, 7) is 7.97. The standard InChI is InChI=1S/C25H32FN3O/c1-4-6-10-15-28(25(30)20-14-13-19(3)21(26)17-20)18-24-27-22-11-8-9-12-23(22)29(24)16-7-5-2/h8-9,11-14,17H,4-7,10,15-16,18H2,1-3H3. The minimum Gasteiger partial charge on any atom is -0.331 e. The molecule has 0 saturated carbocycles. The predicted octanol–water partition coefficient (Wildman–Crippen LogP) is 6.12. The van der Waals surface area contributed by atoms with E-state index in [1.54, 1.807) is 19.1 Å². The zero-order valence-corrected chi connectivity index (χ0v) is 18.3. The highest BCUT2D eigenvalue weighted by atomic mass is 19.1. The molecule has 3 aromatic rings. The maximum atomic E-state index is 14.1. The van der Waals surface area contributed by atoms with Crippen LogP contribution in [0.4, 0.5) is 4.39 Å². The van der Waals surface area contributed by atoms with Gasteiger partial charge in [-0.1, -0.05) is 51.3 Å². The Balaban J connectivity index is 1.92. The number of carbonyl (C=O) groups is 1. The fraction of sp³-hybridized carbons (Fsp3) is 0.440. The van der Waals surface area contributed by atoms with Crippen LogP contribution in [-0.2, 0) is 13.1 Å². The summed E-state index contributed by atoms with van der Waals surface area (Å²) in [5, 5.41) is 0. The molecule has 0 unspecified atom stereocenters. The summed E-state index contributed by atoms with van der Waals surface area (Å²) >= 11 is 0. The third kappa shape index (κ3) is 5.07. The summed E-state index contributed by atoms with van der Waals surface area (Å²) in [6.07, 6.45) is 5.20. The molecule has 0 spiro atoms. The summed E-state index contributed by atoms with van der Waals surface area (Å²) < 4.78 is 16.3. The average Bonchev–Trinajstić information content (AvgIpc) is 3.10. The van der Waals surface area contributed by atoms with Crippen molar-refractivity contribution in [2.45, 2.75) is 66.0 Å². The van der Waals surface area contributed by atoms with Crippen LogP contribution in [0.5, 0.6) is 0 Å². The van der Waals surface area contributed by atoms with E-state index in [0.717, 1.165) is 55.5 Å². The molecule has 4 nitrogen and oxygen atoms in total. The highest BCUT2D eigenvalue weighted by Crippen LogP contribution is 2.20. The van der Waals surface area contributed by atoms with Crippen molar-refractivity contribution in [2.75, 3.05) is 6.54 Å².